The highest BCUT2D eigenvalue weighted by Gasteiger charge is 2.31. The summed E-state index contributed by atoms with van der Waals surface area (Å²) >= 11 is 0. The Balaban J connectivity index is 1.49. The summed E-state index contributed by atoms with van der Waals surface area (Å²) in [5.74, 6) is 0.595. The van der Waals surface area contributed by atoms with Crippen molar-refractivity contribution in [2.45, 2.75) is 64.6 Å². The fraction of sp³-hybridized carbons (Fsp3) is 0.452. The molecule has 3 aromatic rings. The molecule has 1 amide bonds. The Morgan fingerprint density at radius 1 is 1.05 bits per heavy atom. The molecule has 2 heterocycles. The summed E-state index contributed by atoms with van der Waals surface area (Å²) in [7, 11) is -2.29. The number of hydrogen-bond acceptors (Lipinski definition) is 5. The lowest BCUT2D eigenvalue weighted by atomic mass is 10.0. The summed E-state index contributed by atoms with van der Waals surface area (Å²) < 4.78 is 43.1. The normalized spacial score (nSPS) is 15.3. The Morgan fingerprint density at radius 2 is 1.80 bits per heavy atom. The smallest absolute Gasteiger partial charge is 0.249 e. The standard InChI is InChI=1S/C31H41N3O5S/c1-6-11-28-27-14-10-15-32(27)16-17-34(28)30(35)22-39-19-18-33(21-26-12-8-7-9-13-26)40(36,37)31-23(2)20-29(38-5)24(3)25(31)4/h7-10,12-15,20,28H,6,11,16-19,21-22H2,1-5H3. The molecule has 0 aliphatic carbocycles. The second-order valence-corrected chi connectivity index (χ2v) is 12.2. The molecule has 0 spiro atoms. The fourth-order valence-electron chi connectivity index (χ4n) is 5.58. The molecule has 2 aromatic carbocycles. The van der Waals surface area contributed by atoms with Gasteiger partial charge in [-0.2, -0.15) is 4.31 Å². The molecule has 0 bridgehead atoms. The molecule has 216 valence electrons. The average Bonchev–Trinajstić information content (AvgIpc) is 3.42. The van der Waals surface area contributed by atoms with E-state index in [0.717, 1.165) is 36.2 Å². The molecule has 1 aliphatic rings. The van der Waals surface area contributed by atoms with Crippen molar-refractivity contribution in [3.63, 3.8) is 0 Å². The summed E-state index contributed by atoms with van der Waals surface area (Å²) in [6, 6.07) is 15.4. The first-order chi connectivity index (χ1) is 19.2. The maximum atomic E-state index is 14.1. The van der Waals surface area contributed by atoms with Gasteiger partial charge in [0.25, 0.3) is 0 Å². The van der Waals surface area contributed by atoms with Crippen molar-refractivity contribution in [3.05, 3.63) is 82.7 Å². The first-order valence-electron chi connectivity index (χ1n) is 13.9. The van der Waals surface area contributed by atoms with E-state index >= 15 is 0 Å². The van der Waals surface area contributed by atoms with Crippen LogP contribution >= 0.6 is 0 Å². The Kier molecular flexibility index (Phi) is 9.71. The third-order valence-electron chi connectivity index (χ3n) is 7.76. The first-order valence-corrected chi connectivity index (χ1v) is 15.3. The van der Waals surface area contributed by atoms with Crippen LogP contribution in [0.5, 0.6) is 5.75 Å². The zero-order chi connectivity index (χ0) is 28.9. The van der Waals surface area contributed by atoms with Gasteiger partial charge in [-0.25, -0.2) is 8.42 Å². The Bertz CT molecular complexity index is 1420. The monoisotopic (exact) mass is 567 g/mol. The Morgan fingerprint density at radius 3 is 2.50 bits per heavy atom. The van der Waals surface area contributed by atoms with E-state index in [9.17, 15) is 13.2 Å². The van der Waals surface area contributed by atoms with Gasteiger partial charge in [0, 0.05) is 38.1 Å². The van der Waals surface area contributed by atoms with Gasteiger partial charge in [-0.1, -0.05) is 43.7 Å². The van der Waals surface area contributed by atoms with Gasteiger partial charge in [-0.3, -0.25) is 4.79 Å². The topological polar surface area (TPSA) is 81.1 Å². The average molecular weight is 568 g/mol. The number of carbonyl (C=O) groups excluding carboxylic acids is 1. The van der Waals surface area contributed by atoms with E-state index < -0.39 is 10.0 Å². The van der Waals surface area contributed by atoms with Gasteiger partial charge in [-0.15, -0.1) is 0 Å². The van der Waals surface area contributed by atoms with Crippen molar-refractivity contribution in [2.75, 3.05) is 33.4 Å². The van der Waals surface area contributed by atoms with Crippen LogP contribution in [0, 0.1) is 20.8 Å². The SMILES string of the molecule is CCCC1c2cccn2CCN1C(=O)COCCN(Cc1ccccc1)S(=O)(=O)c1c(C)cc(OC)c(C)c1C. The largest absolute Gasteiger partial charge is 0.496 e. The molecule has 1 aromatic heterocycles. The highest BCUT2D eigenvalue weighted by Crippen LogP contribution is 2.33. The maximum Gasteiger partial charge on any atom is 0.249 e. The van der Waals surface area contributed by atoms with Crippen molar-refractivity contribution in [1.29, 1.82) is 0 Å². The number of carbonyl (C=O) groups is 1. The highest BCUT2D eigenvalue weighted by molar-refractivity contribution is 7.89. The number of rotatable bonds is 12. The molecule has 0 radical (unpaired) electrons. The van der Waals surface area contributed by atoms with E-state index in [1.165, 1.54) is 4.31 Å². The fourth-order valence-corrected chi connectivity index (χ4v) is 7.48. The third kappa shape index (κ3) is 6.27. The second kappa shape index (κ2) is 13.0. The lowest BCUT2D eigenvalue weighted by Gasteiger charge is -2.37. The number of ether oxygens (including phenoxy) is 2. The Labute approximate surface area is 238 Å². The van der Waals surface area contributed by atoms with Crippen molar-refractivity contribution < 1.29 is 22.7 Å². The summed E-state index contributed by atoms with van der Waals surface area (Å²) in [5.41, 5.74) is 4.12. The quantitative estimate of drug-likeness (QED) is 0.287. The number of methoxy groups -OCH3 is 1. The predicted octanol–water partition coefficient (Wildman–Crippen LogP) is 5.01. The number of fused-ring (bicyclic) bond motifs is 1. The number of amides is 1. The molecular weight excluding hydrogens is 526 g/mol. The van der Waals surface area contributed by atoms with Crippen LogP contribution in [-0.4, -0.2) is 61.5 Å². The minimum absolute atomic E-state index is 0.0315. The molecular formula is C31H41N3O5S. The minimum Gasteiger partial charge on any atom is -0.496 e. The van der Waals surface area contributed by atoms with Gasteiger partial charge in [0.15, 0.2) is 0 Å². The number of aromatic nitrogens is 1. The minimum atomic E-state index is -3.87. The van der Waals surface area contributed by atoms with Crippen LogP contribution in [0.1, 0.15) is 53.8 Å². The lowest BCUT2D eigenvalue weighted by Crippen LogP contribution is -2.43. The molecule has 4 rings (SSSR count). The number of hydrogen-bond donors (Lipinski definition) is 0. The van der Waals surface area contributed by atoms with E-state index in [2.05, 4.69) is 23.8 Å². The van der Waals surface area contributed by atoms with Gasteiger partial charge in [-0.05, 0) is 67.6 Å². The molecule has 0 saturated carbocycles. The van der Waals surface area contributed by atoms with Crippen LogP contribution in [-0.2, 0) is 32.6 Å². The summed E-state index contributed by atoms with van der Waals surface area (Å²) in [6.07, 6.45) is 3.92. The molecule has 1 atom stereocenters. The van der Waals surface area contributed by atoms with Crippen LogP contribution in [0.4, 0.5) is 0 Å². The van der Waals surface area contributed by atoms with Crippen LogP contribution in [0.25, 0.3) is 0 Å². The van der Waals surface area contributed by atoms with Crippen LogP contribution in [0.3, 0.4) is 0 Å². The van der Waals surface area contributed by atoms with Crippen molar-refractivity contribution in [2.24, 2.45) is 0 Å². The van der Waals surface area contributed by atoms with Gasteiger partial charge in [0.2, 0.25) is 15.9 Å². The van der Waals surface area contributed by atoms with E-state index in [1.807, 2.05) is 55.1 Å². The molecule has 1 unspecified atom stereocenters. The van der Waals surface area contributed by atoms with E-state index in [-0.39, 0.29) is 43.1 Å². The number of aryl methyl sites for hydroxylation is 1. The van der Waals surface area contributed by atoms with Gasteiger partial charge in [0.05, 0.1) is 24.7 Å². The van der Waals surface area contributed by atoms with Crippen LogP contribution in [0.15, 0.2) is 59.6 Å². The Hall–Kier alpha value is -3.14. The third-order valence-corrected chi connectivity index (χ3v) is 9.89. The van der Waals surface area contributed by atoms with Crippen LogP contribution in [0.2, 0.25) is 0 Å². The van der Waals surface area contributed by atoms with Gasteiger partial charge in [0.1, 0.15) is 12.4 Å². The van der Waals surface area contributed by atoms with Crippen molar-refractivity contribution in [1.82, 2.24) is 13.8 Å². The first kappa shape index (κ1) is 29.8. The zero-order valence-corrected chi connectivity index (χ0v) is 25.0. The predicted molar refractivity (Wildman–Crippen MR) is 156 cm³/mol. The second-order valence-electron chi connectivity index (χ2n) is 10.4. The molecule has 0 fully saturated rings. The van der Waals surface area contributed by atoms with Crippen LogP contribution < -0.4 is 4.74 Å². The van der Waals surface area contributed by atoms with Gasteiger partial charge < -0.3 is 18.9 Å². The van der Waals surface area contributed by atoms with E-state index in [4.69, 9.17) is 9.47 Å². The summed E-state index contributed by atoms with van der Waals surface area (Å²) in [5, 5.41) is 0. The molecule has 1 aliphatic heterocycles. The molecule has 8 nitrogen and oxygen atoms in total. The number of nitrogens with zero attached hydrogens (tertiary/aromatic N) is 3. The molecule has 0 saturated heterocycles. The summed E-state index contributed by atoms with van der Waals surface area (Å²) in [6.45, 7) is 9.34. The highest BCUT2D eigenvalue weighted by atomic mass is 32.2. The van der Waals surface area contributed by atoms with Crippen molar-refractivity contribution >= 4 is 15.9 Å². The van der Waals surface area contributed by atoms with Crippen molar-refractivity contribution in [3.8, 4) is 5.75 Å². The number of benzene rings is 2. The van der Waals surface area contributed by atoms with E-state index in [1.54, 1.807) is 20.1 Å². The molecule has 40 heavy (non-hydrogen) atoms. The number of sulfonamides is 1. The van der Waals surface area contributed by atoms with Gasteiger partial charge >= 0.3 is 0 Å². The van der Waals surface area contributed by atoms with E-state index in [0.29, 0.717) is 23.4 Å². The molecule has 9 heteroatoms. The lowest BCUT2D eigenvalue weighted by molar-refractivity contribution is -0.140. The molecule has 0 N–H and O–H groups in total. The maximum absolute atomic E-state index is 14.1. The summed E-state index contributed by atoms with van der Waals surface area (Å²) in [4.78, 5) is 15.4. The zero-order valence-electron chi connectivity index (χ0n) is 24.2.